The van der Waals surface area contributed by atoms with Crippen LogP contribution in [0.2, 0.25) is 0 Å². The summed E-state index contributed by atoms with van der Waals surface area (Å²) in [5.41, 5.74) is 1.84. The molecular weight excluding hydrogens is 220 g/mol. The molecule has 1 saturated heterocycles. The Morgan fingerprint density at radius 1 is 1.41 bits per heavy atom. The highest BCUT2D eigenvalue weighted by Gasteiger charge is 2.35. The van der Waals surface area contributed by atoms with Crippen molar-refractivity contribution in [2.24, 2.45) is 0 Å². The van der Waals surface area contributed by atoms with Gasteiger partial charge < -0.3 is 10.1 Å². The molecule has 0 saturated carbocycles. The fourth-order valence-corrected chi connectivity index (χ4v) is 1.61. The molecule has 0 radical (unpaired) electrons. The van der Waals surface area contributed by atoms with Gasteiger partial charge in [0, 0.05) is 12.7 Å². The summed E-state index contributed by atoms with van der Waals surface area (Å²) >= 11 is 0. The maximum absolute atomic E-state index is 11.9. The van der Waals surface area contributed by atoms with Gasteiger partial charge >= 0.3 is 6.09 Å². The summed E-state index contributed by atoms with van der Waals surface area (Å²) in [5, 5.41) is 2.75. The van der Waals surface area contributed by atoms with Crippen molar-refractivity contribution in [3.8, 4) is 0 Å². The third-order valence-corrected chi connectivity index (χ3v) is 2.74. The number of nitrogens with one attached hydrogen (secondary N) is 1. The summed E-state index contributed by atoms with van der Waals surface area (Å²) in [4.78, 5) is 24.3. The van der Waals surface area contributed by atoms with Crippen LogP contribution >= 0.6 is 0 Å². The van der Waals surface area contributed by atoms with E-state index in [9.17, 15) is 9.59 Å². The number of carbonyl (C=O) groups excluding carboxylic acids is 2. The quantitative estimate of drug-likeness (QED) is 0.841. The average molecular weight is 234 g/mol. The Hall–Kier alpha value is -2.04. The number of aryl methyl sites for hydroxylation is 1. The average Bonchev–Trinajstić information content (AvgIpc) is 2.63. The van der Waals surface area contributed by atoms with Gasteiger partial charge in [0.25, 0.3) is 5.91 Å². The third-order valence-electron chi connectivity index (χ3n) is 2.74. The Bertz CT molecular complexity index is 442. The van der Waals surface area contributed by atoms with Crippen LogP contribution in [0.4, 0.5) is 10.5 Å². The number of rotatable bonds is 2. The van der Waals surface area contributed by atoms with Gasteiger partial charge in [0.1, 0.15) is 12.6 Å². The Labute approximate surface area is 99.4 Å². The largest absolute Gasteiger partial charge is 0.447 e. The van der Waals surface area contributed by atoms with E-state index in [1.54, 1.807) is 7.05 Å². The van der Waals surface area contributed by atoms with Crippen molar-refractivity contribution in [1.82, 2.24) is 4.90 Å². The predicted octanol–water partition coefficient (Wildman–Crippen LogP) is 1.38. The van der Waals surface area contributed by atoms with Gasteiger partial charge in [-0.2, -0.15) is 0 Å². The van der Waals surface area contributed by atoms with Crippen molar-refractivity contribution in [3.05, 3.63) is 29.8 Å². The Morgan fingerprint density at radius 2 is 2.06 bits per heavy atom. The van der Waals surface area contributed by atoms with Crippen molar-refractivity contribution in [3.63, 3.8) is 0 Å². The zero-order valence-corrected chi connectivity index (χ0v) is 9.77. The van der Waals surface area contributed by atoms with Gasteiger partial charge in [-0.15, -0.1) is 0 Å². The number of hydrogen-bond acceptors (Lipinski definition) is 3. The lowest BCUT2D eigenvalue weighted by molar-refractivity contribution is -0.119. The molecule has 1 fully saturated rings. The number of anilines is 1. The SMILES string of the molecule is Cc1ccc(NC(=O)C2COC(=O)N2C)cc1. The van der Waals surface area contributed by atoms with Gasteiger partial charge in [-0.1, -0.05) is 17.7 Å². The van der Waals surface area contributed by atoms with Crippen molar-refractivity contribution in [2.75, 3.05) is 19.0 Å². The first kappa shape index (κ1) is 11.4. The van der Waals surface area contributed by atoms with Crippen LogP contribution in [-0.2, 0) is 9.53 Å². The molecule has 1 aliphatic heterocycles. The molecule has 0 aliphatic carbocycles. The van der Waals surface area contributed by atoms with Crippen LogP contribution in [0, 0.1) is 6.92 Å². The number of carbonyl (C=O) groups is 2. The van der Waals surface area contributed by atoms with E-state index in [1.165, 1.54) is 4.90 Å². The molecule has 1 aromatic carbocycles. The van der Waals surface area contributed by atoms with E-state index in [4.69, 9.17) is 4.74 Å². The van der Waals surface area contributed by atoms with Gasteiger partial charge in [-0.05, 0) is 19.1 Å². The molecule has 90 valence electrons. The summed E-state index contributed by atoms with van der Waals surface area (Å²) in [6, 6.07) is 6.92. The van der Waals surface area contributed by atoms with Gasteiger partial charge in [-0.3, -0.25) is 9.69 Å². The molecule has 0 bridgehead atoms. The minimum atomic E-state index is -0.552. The number of hydrogen-bond donors (Lipinski definition) is 1. The third kappa shape index (κ3) is 2.38. The van der Waals surface area contributed by atoms with Crippen LogP contribution in [-0.4, -0.2) is 36.6 Å². The molecular formula is C12H14N2O3. The first-order valence-electron chi connectivity index (χ1n) is 5.35. The van der Waals surface area contributed by atoms with Crippen LogP contribution in [0.1, 0.15) is 5.56 Å². The molecule has 1 heterocycles. The second-order valence-electron chi connectivity index (χ2n) is 4.06. The summed E-state index contributed by atoms with van der Waals surface area (Å²) < 4.78 is 4.78. The molecule has 1 unspecified atom stereocenters. The summed E-state index contributed by atoms with van der Waals surface area (Å²) in [6.45, 7) is 2.08. The second kappa shape index (κ2) is 4.45. The molecule has 17 heavy (non-hydrogen) atoms. The Balaban J connectivity index is 2.02. The van der Waals surface area contributed by atoms with Crippen LogP contribution in [0.3, 0.4) is 0 Å². The first-order chi connectivity index (χ1) is 8.08. The molecule has 0 aromatic heterocycles. The van der Waals surface area contributed by atoms with E-state index in [1.807, 2.05) is 31.2 Å². The minimum absolute atomic E-state index is 0.104. The number of benzene rings is 1. The van der Waals surface area contributed by atoms with Crippen LogP contribution in [0.25, 0.3) is 0 Å². The summed E-state index contributed by atoms with van der Waals surface area (Å²) in [5.74, 6) is -0.234. The van der Waals surface area contributed by atoms with E-state index in [-0.39, 0.29) is 12.5 Å². The number of nitrogens with zero attached hydrogens (tertiary/aromatic N) is 1. The normalized spacial score (nSPS) is 19.1. The fourth-order valence-electron chi connectivity index (χ4n) is 1.61. The maximum atomic E-state index is 11.9. The smallest absolute Gasteiger partial charge is 0.410 e. The van der Waals surface area contributed by atoms with Crippen LogP contribution in [0.5, 0.6) is 0 Å². The van der Waals surface area contributed by atoms with E-state index >= 15 is 0 Å². The fraction of sp³-hybridized carbons (Fsp3) is 0.333. The van der Waals surface area contributed by atoms with Crippen molar-refractivity contribution in [2.45, 2.75) is 13.0 Å². The molecule has 1 N–H and O–H groups in total. The lowest BCUT2D eigenvalue weighted by atomic mass is 10.2. The van der Waals surface area contributed by atoms with E-state index < -0.39 is 12.1 Å². The topological polar surface area (TPSA) is 58.6 Å². The number of amides is 2. The Morgan fingerprint density at radius 3 is 2.59 bits per heavy atom. The highest BCUT2D eigenvalue weighted by Crippen LogP contribution is 2.13. The summed E-state index contributed by atoms with van der Waals surface area (Å²) in [7, 11) is 1.55. The molecule has 1 aliphatic rings. The highest BCUT2D eigenvalue weighted by molar-refractivity contribution is 5.97. The zero-order chi connectivity index (χ0) is 12.4. The Kier molecular flexibility index (Phi) is 2.99. The molecule has 5 heteroatoms. The zero-order valence-electron chi connectivity index (χ0n) is 9.77. The molecule has 1 atom stereocenters. The molecule has 5 nitrogen and oxygen atoms in total. The van der Waals surface area contributed by atoms with Crippen molar-refractivity contribution < 1.29 is 14.3 Å². The maximum Gasteiger partial charge on any atom is 0.410 e. The summed E-state index contributed by atoms with van der Waals surface area (Å²) in [6.07, 6.45) is -0.464. The van der Waals surface area contributed by atoms with Gasteiger partial charge in [0.2, 0.25) is 0 Å². The number of cyclic esters (lactones) is 1. The molecule has 2 rings (SSSR count). The van der Waals surface area contributed by atoms with Crippen LogP contribution < -0.4 is 5.32 Å². The van der Waals surface area contributed by atoms with Gasteiger partial charge in [0.15, 0.2) is 0 Å². The number of likely N-dealkylation sites (N-methyl/N-ethyl adjacent to an activating group) is 1. The van der Waals surface area contributed by atoms with Gasteiger partial charge in [0.05, 0.1) is 0 Å². The molecule has 0 spiro atoms. The highest BCUT2D eigenvalue weighted by atomic mass is 16.6. The number of ether oxygens (including phenoxy) is 1. The van der Waals surface area contributed by atoms with Crippen molar-refractivity contribution >= 4 is 17.7 Å². The van der Waals surface area contributed by atoms with Crippen LogP contribution in [0.15, 0.2) is 24.3 Å². The second-order valence-corrected chi connectivity index (χ2v) is 4.06. The first-order valence-corrected chi connectivity index (χ1v) is 5.35. The van der Waals surface area contributed by atoms with E-state index in [0.717, 1.165) is 5.56 Å². The standard InChI is InChI=1S/C12H14N2O3/c1-8-3-5-9(6-4-8)13-11(15)10-7-17-12(16)14(10)2/h3-6,10H,7H2,1-2H3,(H,13,15). The lowest BCUT2D eigenvalue weighted by Gasteiger charge is -2.15. The lowest BCUT2D eigenvalue weighted by Crippen LogP contribution is -2.40. The van der Waals surface area contributed by atoms with Gasteiger partial charge in [-0.25, -0.2) is 4.79 Å². The van der Waals surface area contributed by atoms with Crippen molar-refractivity contribution in [1.29, 1.82) is 0 Å². The predicted molar refractivity (Wildman–Crippen MR) is 62.7 cm³/mol. The monoisotopic (exact) mass is 234 g/mol. The molecule has 2 amide bonds. The minimum Gasteiger partial charge on any atom is -0.447 e. The van der Waals surface area contributed by atoms with E-state index in [0.29, 0.717) is 5.69 Å². The van der Waals surface area contributed by atoms with E-state index in [2.05, 4.69) is 5.32 Å². The molecule has 1 aromatic rings.